The van der Waals surface area contributed by atoms with Crippen molar-refractivity contribution in [3.05, 3.63) is 70.8 Å². The number of aryl methyl sites for hydroxylation is 1. The van der Waals surface area contributed by atoms with Gasteiger partial charge in [-0.25, -0.2) is 0 Å². The van der Waals surface area contributed by atoms with Crippen LogP contribution in [0.3, 0.4) is 0 Å². The fourth-order valence-corrected chi connectivity index (χ4v) is 3.13. The van der Waals surface area contributed by atoms with Gasteiger partial charge in [-0.1, -0.05) is 48.5 Å². The number of rotatable bonds is 3. The van der Waals surface area contributed by atoms with Crippen LogP contribution in [-0.4, -0.2) is 5.11 Å². The maximum Gasteiger partial charge on any atom is 0.148 e. The number of thiol groups is 1. The van der Waals surface area contributed by atoms with Crippen molar-refractivity contribution in [3.8, 4) is 0 Å². The van der Waals surface area contributed by atoms with Gasteiger partial charge in [-0.05, 0) is 36.0 Å². The zero-order valence-electron chi connectivity index (χ0n) is 11.7. The van der Waals surface area contributed by atoms with Gasteiger partial charge in [0.05, 0.1) is 6.61 Å². The molecule has 0 spiro atoms. The molecule has 2 aromatic rings. The second-order valence-corrected chi connectivity index (χ2v) is 5.45. The van der Waals surface area contributed by atoms with E-state index in [1.807, 2.05) is 30.3 Å². The molecule has 0 fully saturated rings. The third kappa shape index (κ3) is 2.85. The van der Waals surface area contributed by atoms with E-state index in [1.165, 1.54) is 16.7 Å². The summed E-state index contributed by atoms with van der Waals surface area (Å²) in [5.41, 5.74) is 5.62. The molecule has 3 rings (SSSR count). The van der Waals surface area contributed by atoms with Gasteiger partial charge < -0.3 is 9.29 Å². The molecule has 2 nitrogen and oxygen atoms in total. The summed E-state index contributed by atoms with van der Waals surface area (Å²) >= 11 is 4.09. The Hall–Kier alpha value is -1.71. The summed E-state index contributed by atoms with van der Waals surface area (Å²) in [5.74, 6) is 0.835. The average Bonchev–Trinajstić information content (AvgIpc) is 2.73. The number of benzene rings is 2. The van der Waals surface area contributed by atoms with Crippen LogP contribution in [-0.2, 0) is 17.2 Å². The number of fused-ring (bicyclic) bond motifs is 1. The van der Waals surface area contributed by atoms with E-state index in [2.05, 4.69) is 31.1 Å². The molecule has 0 saturated heterocycles. The van der Waals surface area contributed by atoms with Gasteiger partial charge in [0.25, 0.3) is 0 Å². The normalized spacial score (nSPS) is 14.6. The molecule has 21 heavy (non-hydrogen) atoms. The Bertz CT molecular complexity index is 662. The molecule has 1 aliphatic rings. The molecule has 1 aliphatic carbocycles. The average molecular weight is 298 g/mol. The minimum absolute atomic E-state index is 0.0690. The molecule has 0 saturated carbocycles. The minimum Gasteiger partial charge on any atom is -0.428 e. The Morgan fingerprint density at radius 3 is 2.57 bits per heavy atom. The van der Waals surface area contributed by atoms with E-state index in [4.69, 9.17) is 4.18 Å². The van der Waals surface area contributed by atoms with Gasteiger partial charge in [0.15, 0.2) is 0 Å². The van der Waals surface area contributed by atoms with Crippen LogP contribution in [0.2, 0.25) is 0 Å². The first-order valence-electron chi connectivity index (χ1n) is 7.16. The van der Waals surface area contributed by atoms with Crippen molar-refractivity contribution in [2.75, 3.05) is 0 Å². The van der Waals surface area contributed by atoms with Gasteiger partial charge in [-0.15, -0.1) is 0 Å². The number of hydrogen-bond acceptors (Lipinski definition) is 3. The fraction of sp³-hybridized carbons (Fsp3) is 0.222. The Labute approximate surface area is 130 Å². The first-order chi connectivity index (χ1) is 10.3. The predicted octanol–water partition coefficient (Wildman–Crippen LogP) is 4.24. The van der Waals surface area contributed by atoms with Crippen LogP contribution in [0.1, 0.15) is 35.1 Å². The lowest BCUT2D eigenvalue weighted by molar-refractivity contribution is 0.281. The van der Waals surface area contributed by atoms with Crippen LogP contribution in [0.25, 0.3) is 11.3 Å². The highest BCUT2D eigenvalue weighted by Gasteiger charge is 2.19. The van der Waals surface area contributed by atoms with Gasteiger partial charge in [0.1, 0.15) is 5.76 Å². The Morgan fingerprint density at radius 1 is 1.05 bits per heavy atom. The van der Waals surface area contributed by atoms with Crippen LogP contribution in [0.4, 0.5) is 0 Å². The molecular formula is C18H18O2S. The maximum absolute atomic E-state index is 9.30. The lowest BCUT2D eigenvalue weighted by Gasteiger charge is -2.13. The summed E-state index contributed by atoms with van der Waals surface area (Å²) < 4.78 is 5.45. The maximum atomic E-state index is 9.30. The second kappa shape index (κ2) is 6.37. The first kappa shape index (κ1) is 14.2. The summed E-state index contributed by atoms with van der Waals surface area (Å²) in [4.78, 5) is 0. The van der Waals surface area contributed by atoms with Gasteiger partial charge in [0, 0.05) is 24.0 Å². The van der Waals surface area contributed by atoms with Crippen molar-refractivity contribution in [2.24, 2.45) is 0 Å². The number of hydrogen-bond donors (Lipinski definition) is 2. The molecule has 108 valence electrons. The molecule has 2 aromatic carbocycles. The molecule has 0 amide bonds. The van der Waals surface area contributed by atoms with Crippen LogP contribution in [0.15, 0.2) is 48.5 Å². The summed E-state index contributed by atoms with van der Waals surface area (Å²) in [7, 11) is 0. The zero-order valence-corrected chi connectivity index (χ0v) is 12.6. The van der Waals surface area contributed by atoms with Crippen molar-refractivity contribution >= 4 is 24.2 Å². The topological polar surface area (TPSA) is 29.5 Å². The van der Waals surface area contributed by atoms with Gasteiger partial charge in [-0.2, -0.15) is 0 Å². The molecule has 0 heterocycles. The third-order valence-electron chi connectivity index (χ3n) is 3.96. The van der Waals surface area contributed by atoms with Gasteiger partial charge in [0.2, 0.25) is 0 Å². The van der Waals surface area contributed by atoms with Crippen molar-refractivity contribution in [3.63, 3.8) is 0 Å². The smallest absolute Gasteiger partial charge is 0.148 e. The van der Waals surface area contributed by atoms with Crippen molar-refractivity contribution < 1.29 is 9.29 Å². The molecule has 1 N–H and O–H groups in total. The quantitative estimate of drug-likeness (QED) is 0.655. The monoisotopic (exact) mass is 298 g/mol. The second-order valence-electron chi connectivity index (χ2n) is 5.27. The number of allylic oxidation sites excluding steroid dienone is 1. The molecule has 0 unspecified atom stereocenters. The van der Waals surface area contributed by atoms with E-state index < -0.39 is 0 Å². The third-order valence-corrected chi connectivity index (χ3v) is 4.14. The standard InChI is InChI=1S/C18H18O2S/c19-12-13-9-10-17-15(11-13)7-4-8-16(18(17)20-21)14-5-2-1-3-6-14/h1-3,5-6,9-11,19,21H,4,7-8,12H2. The minimum atomic E-state index is 0.0690. The summed E-state index contributed by atoms with van der Waals surface area (Å²) in [5, 5.41) is 9.30. The van der Waals surface area contributed by atoms with Crippen LogP contribution in [0, 0.1) is 0 Å². The highest BCUT2D eigenvalue weighted by atomic mass is 32.1. The number of aliphatic hydroxyl groups is 1. The first-order valence-corrected chi connectivity index (χ1v) is 7.53. The highest BCUT2D eigenvalue weighted by molar-refractivity contribution is 7.75. The van der Waals surface area contributed by atoms with E-state index in [0.29, 0.717) is 0 Å². The predicted molar refractivity (Wildman–Crippen MR) is 88.6 cm³/mol. The lowest BCUT2D eigenvalue weighted by Crippen LogP contribution is -1.96. The van der Waals surface area contributed by atoms with Crippen molar-refractivity contribution in [1.29, 1.82) is 0 Å². The Morgan fingerprint density at radius 2 is 1.86 bits per heavy atom. The SMILES string of the molecule is OCc1ccc2c(c1)CCCC(c1ccccc1)=C2OS. The highest BCUT2D eigenvalue weighted by Crippen LogP contribution is 2.37. The molecule has 3 heteroatoms. The van der Waals surface area contributed by atoms with Gasteiger partial charge in [-0.3, -0.25) is 0 Å². The molecule has 0 radical (unpaired) electrons. The van der Waals surface area contributed by atoms with Crippen LogP contribution >= 0.6 is 12.9 Å². The lowest BCUT2D eigenvalue weighted by atomic mass is 9.98. The molecule has 0 bridgehead atoms. The zero-order chi connectivity index (χ0) is 14.7. The Kier molecular flexibility index (Phi) is 4.32. The summed E-state index contributed by atoms with van der Waals surface area (Å²) in [6, 6.07) is 16.3. The van der Waals surface area contributed by atoms with E-state index in [1.54, 1.807) is 0 Å². The fourth-order valence-electron chi connectivity index (χ4n) is 2.92. The Balaban J connectivity index is 2.15. The van der Waals surface area contributed by atoms with Gasteiger partial charge >= 0.3 is 0 Å². The van der Waals surface area contributed by atoms with Crippen LogP contribution in [0.5, 0.6) is 0 Å². The molecular weight excluding hydrogens is 280 g/mol. The molecule has 0 atom stereocenters. The number of aliphatic hydroxyl groups excluding tert-OH is 1. The van der Waals surface area contributed by atoms with Crippen molar-refractivity contribution in [1.82, 2.24) is 0 Å². The summed E-state index contributed by atoms with van der Waals surface area (Å²) in [6.45, 7) is 0.0690. The van der Waals surface area contributed by atoms with E-state index in [-0.39, 0.29) is 6.61 Å². The van der Waals surface area contributed by atoms with E-state index in [0.717, 1.165) is 36.1 Å². The molecule has 0 aliphatic heterocycles. The largest absolute Gasteiger partial charge is 0.428 e. The summed E-state index contributed by atoms with van der Waals surface area (Å²) in [6.07, 6.45) is 3.01. The van der Waals surface area contributed by atoms with E-state index in [9.17, 15) is 5.11 Å². The molecule has 0 aromatic heterocycles. The van der Waals surface area contributed by atoms with E-state index >= 15 is 0 Å². The van der Waals surface area contributed by atoms with Crippen molar-refractivity contribution in [2.45, 2.75) is 25.9 Å². The van der Waals surface area contributed by atoms with Crippen LogP contribution < -0.4 is 0 Å².